The molecule has 0 aromatic heterocycles. The Kier molecular flexibility index (Phi) is 5.06. The minimum absolute atomic E-state index is 0.00218. The first-order valence-corrected chi connectivity index (χ1v) is 9.70. The second kappa shape index (κ2) is 7.54. The summed E-state index contributed by atoms with van der Waals surface area (Å²) in [7, 11) is 0. The number of carbonyl (C=O) groups excluding carboxylic acids is 1. The van der Waals surface area contributed by atoms with Crippen molar-refractivity contribution in [3.8, 4) is 17.2 Å². The van der Waals surface area contributed by atoms with Gasteiger partial charge in [0, 0.05) is 31.1 Å². The number of fused-ring (bicyclic) bond motifs is 1. The van der Waals surface area contributed by atoms with Gasteiger partial charge in [-0.2, -0.15) is 0 Å². The topological polar surface area (TPSA) is 48.0 Å². The average Bonchev–Trinajstić information content (AvgIpc) is 3.23. The molecule has 1 saturated heterocycles. The number of alkyl halides is 2. The van der Waals surface area contributed by atoms with Crippen LogP contribution >= 0.6 is 0 Å². The second-order valence-electron chi connectivity index (χ2n) is 7.65. The molecule has 0 aliphatic carbocycles. The highest BCUT2D eigenvalue weighted by atomic mass is 19.3. The van der Waals surface area contributed by atoms with Gasteiger partial charge in [-0.1, -0.05) is 19.1 Å². The lowest BCUT2D eigenvalue weighted by Crippen LogP contribution is -2.26. The maximum absolute atomic E-state index is 13.2. The Labute approximate surface area is 168 Å². The van der Waals surface area contributed by atoms with Gasteiger partial charge < -0.3 is 23.9 Å². The van der Waals surface area contributed by atoms with E-state index in [1.807, 2.05) is 31.2 Å². The minimum Gasteiger partial charge on any atom is -0.489 e. The summed E-state index contributed by atoms with van der Waals surface area (Å²) in [6.07, 6.45) is -2.25. The van der Waals surface area contributed by atoms with Crippen molar-refractivity contribution in [1.82, 2.24) is 0 Å². The maximum Gasteiger partial charge on any atom is 0.586 e. The van der Waals surface area contributed by atoms with Crippen LogP contribution in [0.3, 0.4) is 0 Å². The van der Waals surface area contributed by atoms with Gasteiger partial charge in [0.05, 0.1) is 6.54 Å². The van der Waals surface area contributed by atoms with Crippen molar-refractivity contribution < 1.29 is 27.8 Å². The summed E-state index contributed by atoms with van der Waals surface area (Å²) >= 11 is 0. The van der Waals surface area contributed by atoms with Crippen LogP contribution in [0.5, 0.6) is 17.2 Å². The summed E-state index contributed by atoms with van der Waals surface area (Å²) in [6, 6.07) is 12.7. The third-order valence-corrected chi connectivity index (χ3v) is 5.24. The first-order valence-electron chi connectivity index (χ1n) is 9.70. The van der Waals surface area contributed by atoms with Crippen LogP contribution < -0.4 is 19.1 Å². The third kappa shape index (κ3) is 4.44. The van der Waals surface area contributed by atoms with Gasteiger partial charge in [0.1, 0.15) is 17.6 Å². The quantitative estimate of drug-likeness (QED) is 0.697. The molecule has 0 spiro atoms. The van der Waals surface area contributed by atoms with Crippen molar-refractivity contribution in [2.45, 2.75) is 45.0 Å². The molecule has 154 valence electrons. The van der Waals surface area contributed by atoms with Crippen molar-refractivity contribution in [1.29, 1.82) is 0 Å². The van der Waals surface area contributed by atoms with Crippen molar-refractivity contribution in [3.05, 3.63) is 48.0 Å². The molecule has 0 saturated carbocycles. The molecule has 0 amide bonds. The van der Waals surface area contributed by atoms with Crippen molar-refractivity contribution in [2.24, 2.45) is 0 Å². The number of ketones is 1. The lowest BCUT2D eigenvalue weighted by atomic mass is 9.96. The van der Waals surface area contributed by atoms with E-state index in [9.17, 15) is 13.6 Å². The zero-order valence-corrected chi connectivity index (χ0v) is 16.4. The molecule has 2 aliphatic rings. The van der Waals surface area contributed by atoms with Gasteiger partial charge in [-0.25, -0.2) is 0 Å². The van der Waals surface area contributed by atoms with Gasteiger partial charge in [0.25, 0.3) is 0 Å². The van der Waals surface area contributed by atoms with Crippen LogP contribution in [-0.4, -0.2) is 31.3 Å². The smallest absolute Gasteiger partial charge is 0.489 e. The molecule has 5 nitrogen and oxygen atoms in total. The van der Waals surface area contributed by atoms with E-state index in [2.05, 4.69) is 14.4 Å². The van der Waals surface area contributed by atoms with Gasteiger partial charge >= 0.3 is 6.29 Å². The number of rotatable bonds is 6. The van der Waals surface area contributed by atoms with Crippen molar-refractivity contribution >= 4 is 11.5 Å². The summed E-state index contributed by atoms with van der Waals surface area (Å²) in [5.74, 6) is 1.23. The maximum atomic E-state index is 13.2. The molecule has 2 aromatic carbocycles. The largest absolute Gasteiger partial charge is 0.586 e. The van der Waals surface area contributed by atoms with Crippen LogP contribution in [0.15, 0.2) is 42.5 Å². The monoisotopic (exact) mass is 403 g/mol. The number of benzene rings is 2. The predicted molar refractivity (Wildman–Crippen MR) is 104 cm³/mol. The Balaban J connectivity index is 1.36. The van der Waals surface area contributed by atoms with Crippen molar-refractivity contribution in [2.75, 3.05) is 18.0 Å². The first kappa shape index (κ1) is 19.5. The highest BCUT2D eigenvalue weighted by molar-refractivity contribution is 5.76. The Bertz CT molecular complexity index is 900. The van der Waals surface area contributed by atoms with Crippen molar-refractivity contribution in [3.63, 3.8) is 0 Å². The van der Waals surface area contributed by atoms with E-state index in [0.29, 0.717) is 13.0 Å². The summed E-state index contributed by atoms with van der Waals surface area (Å²) in [5, 5.41) is 0. The molecule has 4 rings (SSSR count). The van der Waals surface area contributed by atoms with Crippen LogP contribution in [-0.2, 0) is 4.79 Å². The van der Waals surface area contributed by atoms with Gasteiger partial charge in [0.2, 0.25) is 0 Å². The Hall–Kier alpha value is -2.83. The molecule has 2 heterocycles. The van der Waals surface area contributed by atoms with E-state index in [1.54, 1.807) is 19.1 Å². The highest BCUT2D eigenvalue weighted by Crippen LogP contribution is 2.43. The van der Waals surface area contributed by atoms with Crippen LogP contribution in [0.4, 0.5) is 14.5 Å². The number of nitrogens with zero attached hydrogens (tertiary/aromatic N) is 1. The number of halogens is 2. The molecule has 7 heteroatoms. The highest BCUT2D eigenvalue weighted by Gasteiger charge is 2.43. The van der Waals surface area contributed by atoms with E-state index < -0.39 is 6.29 Å². The average molecular weight is 403 g/mol. The molecule has 1 unspecified atom stereocenters. The molecule has 1 fully saturated rings. The summed E-state index contributed by atoms with van der Waals surface area (Å²) in [5.41, 5.74) is 1.90. The van der Waals surface area contributed by atoms with Crippen LogP contribution in [0.2, 0.25) is 0 Å². The van der Waals surface area contributed by atoms with Crippen LogP contribution in [0.25, 0.3) is 0 Å². The number of carbonyl (C=O) groups is 1. The Morgan fingerprint density at radius 3 is 2.66 bits per heavy atom. The number of hydrogen-bond donors (Lipinski definition) is 0. The summed E-state index contributed by atoms with van der Waals surface area (Å²) < 4.78 is 41.5. The molecule has 0 N–H and O–H groups in total. The van der Waals surface area contributed by atoms with Crippen LogP contribution in [0, 0.1) is 0 Å². The van der Waals surface area contributed by atoms with Gasteiger partial charge in [-0.3, -0.25) is 0 Å². The zero-order chi connectivity index (χ0) is 20.6. The van der Waals surface area contributed by atoms with Gasteiger partial charge in [0.15, 0.2) is 11.5 Å². The molecule has 0 radical (unpaired) electrons. The predicted octanol–water partition coefficient (Wildman–Crippen LogP) is 4.75. The molecule has 0 bridgehead atoms. The van der Waals surface area contributed by atoms with Gasteiger partial charge in [-0.05, 0) is 42.7 Å². The van der Waals surface area contributed by atoms with Gasteiger partial charge in [-0.15, -0.1) is 8.78 Å². The number of ether oxygens (including phenoxy) is 3. The Morgan fingerprint density at radius 1 is 1.21 bits per heavy atom. The second-order valence-corrected chi connectivity index (χ2v) is 7.65. The van der Waals surface area contributed by atoms with E-state index >= 15 is 0 Å². The zero-order valence-electron chi connectivity index (χ0n) is 16.4. The lowest BCUT2D eigenvalue weighted by Gasteiger charge is -2.19. The fourth-order valence-corrected chi connectivity index (χ4v) is 3.81. The SMILES string of the molecule is CC(=O)C[C@@H](C)c1ccc(OC2CCN(c3ccc4c(c3)OC(F)(F)O4)C2)cc1. The first-order chi connectivity index (χ1) is 13.8. The molecule has 2 aliphatic heterocycles. The summed E-state index contributed by atoms with van der Waals surface area (Å²) in [4.78, 5) is 13.4. The molecular weight excluding hydrogens is 380 g/mol. The third-order valence-electron chi connectivity index (χ3n) is 5.24. The van der Waals surface area contributed by atoms with E-state index in [0.717, 1.165) is 30.0 Å². The number of hydrogen-bond acceptors (Lipinski definition) is 5. The normalized spacial score (nSPS) is 20.6. The van der Waals surface area contributed by atoms with E-state index in [-0.39, 0.29) is 29.3 Å². The molecule has 29 heavy (non-hydrogen) atoms. The lowest BCUT2D eigenvalue weighted by molar-refractivity contribution is -0.286. The number of Topliss-reactive ketones (excluding diaryl/α,β-unsaturated/α-hetero) is 1. The molecule has 2 atom stereocenters. The summed E-state index contributed by atoms with van der Waals surface area (Å²) in [6.45, 7) is 5.05. The minimum atomic E-state index is -3.61. The standard InChI is InChI=1S/C22H23F2NO4/c1-14(11-15(2)26)16-3-6-18(7-4-16)27-19-9-10-25(13-19)17-5-8-20-21(12-17)29-22(23,24)28-20/h3-8,12,14,19H,9-11,13H2,1-2H3/t14-,19?/m1/s1. The van der Waals surface area contributed by atoms with Crippen LogP contribution in [0.1, 0.15) is 38.2 Å². The Morgan fingerprint density at radius 2 is 1.93 bits per heavy atom. The fourth-order valence-electron chi connectivity index (χ4n) is 3.81. The molecule has 2 aromatic rings. The van der Waals surface area contributed by atoms with E-state index in [1.165, 1.54) is 6.07 Å². The van der Waals surface area contributed by atoms with E-state index in [4.69, 9.17) is 4.74 Å². The molecular formula is C22H23F2NO4. The fraction of sp³-hybridized carbons (Fsp3) is 0.409. The number of anilines is 1.